The second-order valence-electron chi connectivity index (χ2n) is 2.38. The number of hydrogen-bond acceptors (Lipinski definition) is 4. The Bertz CT molecular complexity index is 155. The van der Waals surface area contributed by atoms with Crippen LogP contribution in [0.25, 0.3) is 0 Å². The Hall–Kier alpha value is -0.770. The molecule has 12 heavy (non-hydrogen) atoms. The maximum atomic E-state index is 10.2. The Labute approximate surface area is 75.1 Å². The molecule has 0 aromatic rings. The van der Waals surface area contributed by atoms with Gasteiger partial charge in [-0.3, -0.25) is 0 Å². The number of hydrogen-bond donors (Lipinski definition) is 0. The van der Waals surface area contributed by atoms with Crippen LogP contribution < -0.4 is 10.2 Å². The SMILES string of the molecule is O=C([O-])C(CCCCCl)C(=O)[O-]. The van der Waals surface area contributed by atoms with Crippen molar-refractivity contribution in [2.45, 2.75) is 19.3 Å². The molecule has 0 aliphatic carbocycles. The number of halogens is 1. The summed E-state index contributed by atoms with van der Waals surface area (Å²) < 4.78 is 0. The van der Waals surface area contributed by atoms with Crippen molar-refractivity contribution in [1.82, 2.24) is 0 Å². The van der Waals surface area contributed by atoms with Crippen LogP contribution in [0.5, 0.6) is 0 Å². The summed E-state index contributed by atoms with van der Waals surface area (Å²) in [4.78, 5) is 20.3. The molecular weight excluding hydrogens is 184 g/mol. The van der Waals surface area contributed by atoms with Gasteiger partial charge >= 0.3 is 0 Å². The largest absolute Gasteiger partial charge is 0.549 e. The molecule has 0 saturated carbocycles. The minimum absolute atomic E-state index is 0.0252. The maximum absolute atomic E-state index is 10.2. The molecule has 0 fully saturated rings. The summed E-state index contributed by atoms with van der Waals surface area (Å²) in [6.45, 7) is 0. The summed E-state index contributed by atoms with van der Waals surface area (Å²) >= 11 is 5.32. The van der Waals surface area contributed by atoms with Crippen LogP contribution in [0, 0.1) is 5.92 Å². The molecule has 4 nitrogen and oxygen atoms in total. The van der Waals surface area contributed by atoms with Crippen LogP contribution in [0.3, 0.4) is 0 Å². The highest BCUT2D eigenvalue weighted by Crippen LogP contribution is 2.07. The molecule has 0 spiro atoms. The van der Waals surface area contributed by atoms with E-state index in [0.717, 1.165) is 0 Å². The average molecular weight is 193 g/mol. The minimum atomic E-state index is -1.59. The van der Waals surface area contributed by atoms with Crippen LogP contribution in [0.15, 0.2) is 0 Å². The third-order valence-electron chi connectivity index (χ3n) is 1.45. The molecule has 0 N–H and O–H groups in total. The monoisotopic (exact) mass is 192 g/mol. The van der Waals surface area contributed by atoms with Gasteiger partial charge in [0, 0.05) is 11.8 Å². The van der Waals surface area contributed by atoms with Gasteiger partial charge in [-0.25, -0.2) is 0 Å². The number of carboxylic acids is 2. The first-order valence-electron chi connectivity index (χ1n) is 3.57. The average Bonchev–Trinajstić information content (AvgIpc) is 1.96. The minimum Gasteiger partial charge on any atom is -0.549 e. The molecule has 0 aliphatic heterocycles. The number of alkyl halides is 1. The second-order valence-corrected chi connectivity index (χ2v) is 2.75. The van der Waals surface area contributed by atoms with Crippen LogP contribution in [-0.4, -0.2) is 17.8 Å². The van der Waals surface area contributed by atoms with Crippen molar-refractivity contribution < 1.29 is 19.8 Å². The predicted octanol–water partition coefficient (Wildman–Crippen LogP) is -1.49. The van der Waals surface area contributed by atoms with Gasteiger partial charge in [-0.05, 0) is 12.8 Å². The van der Waals surface area contributed by atoms with Crippen molar-refractivity contribution in [3.05, 3.63) is 0 Å². The van der Waals surface area contributed by atoms with Crippen molar-refractivity contribution in [3.63, 3.8) is 0 Å². The van der Waals surface area contributed by atoms with E-state index in [-0.39, 0.29) is 6.42 Å². The van der Waals surface area contributed by atoms with Crippen molar-refractivity contribution >= 4 is 23.5 Å². The zero-order valence-corrected chi connectivity index (χ0v) is 7.17. The Morgan fingerprint density at radius 2 is 1.67 bits per heavy atom. The molecule has 0 radical (unpaired) electrons. The molecule has 0 saturated heterocycles. The van der Waals surface area contributed by atoms with Crippen LogP contribution >= 0.6 is 11.6 Å². The fourth-order valence-electron chi connectivity index (χ4n) is 0.775. The molecule has 0 aliphatic rings. The normalized spacial score (nSPS) is 10.2. The van der Waals surface area contributed by atoms with E-state index in [9.17, 15) is 19.8 Å². The molecular formula is C7H9ClO4-2. The molecule has 5 heteroatoms. The second kappa shape index (κ2) is 5.83. The van der Waals surface area contributed by atoms with E-state index in [2.05, 4.69) is 0 Å². The van der Waals surface area contributed by atoms with Crippen molar-refractivity contribution in [2.75, 3.05) is 5.88 Å². The number of carbonyl (C=O) groups is 2. The fourth-order valence-corrected chi connectivity index (χ4v) is 0.964. The van der Waals surface area contributed by atoms with E-state index in [4.69, 9.17) is 11.6 Å². The molecule has 0 aromatic carbocycles. The third-order valence-corrected chi connectivity index (χ3v) is 1.71. The summed E-state index contributed by atoms with van der Waals surface area (Å²) in [5, 5.41) is 20.3. The molecule has 0 atom stereocenters. The van der Waals surface area contributed by atoms with E-state index in [1.165, 1.54) is 0 Å². The van der Waals surface area contributed by atoms with Gasteiger partial charge in [0.15, 0.2) is 0 Å². The van der Waals surface area contributed by atoms with Crippen LogP contribution in [-0.2, 0) is 9.59 Å². The van der Waals surface area contributed by atoms with E-state index in [0.29, 0.717) is 18.7 Å². The van der Waals surface area contributed by atoms with Gasteiger partial charge in [-0.15, -0.1) is 11.6 Å². The molecule has 70 valence electrons. The number of carbonyl (C=O) groups excluding carboxylic acids is 2. The summed E-state index contributed by atoms with van der Waals surface area (Å²) in [5.74, 6) is -4.30. The fraction of sp³-hybridized carbons (Fsp3) is 0.714. The standard InChI is InChI=1S/C7H11ClO4/c8-4-2-1-3-5(6(9)10)7(11)12/h5H,1-4H2,(H,9,10)(H,11,12)/p-2. The quantitative estimate of drug-likeness (QED) is 0.292. The number of aliphatic carboxylic acids is 2. The van der Waals surface area contributed by atoms with Crippen molar-refractivity contribution in [1.29, 1.82) is 0 Å². The van der Waals surface area contributed by atoms with Gasteiger partial charge in [-0.2, -0.15) is 0 Å². The zero-order valence-electron chi connectivity index (χ0n) is 6.42. The highest BCUT2D eigenvalue weighted by Gasteiger charge is 2.09. The Kier molecular flexibility index (Phi) is 5.45. The van der Waals surface area contributed by atoms with Gasteiger partial charge < -0.3 is 19.8 Å². The van der Waals surface area contributed by atoms with Gasteiger partial charge in [0.05, 0.1) is 11.9 Å². The smallest absolute Gasteiger partial charge is 0.0501 e. The van der Waals surface area contributed by atoms with Crippen molar-refractivity contribution in [2.24, 2.45) is 5.92 Å². The van der Waals surface area contributed by atoms with Gasteiger partial charge in [-0.1, -0.05) is 6.42 Å². The third kappa shape index (κ3) is 4.18. The number of carboxylic acid groups (broad SMARTS) is 2. The van der Waals surface area contributed by atoms with E-state index in [1.54, 1.807) is 0 Å². The van der Waals surface area contributed by atoms with E-state index >= 15 is 0 Å². The lowest BCUT2D eigenvalue weighted by Gasteiger charge is -2.18. The molecule has 0 heterocycles. The Morgan fingerprint density at radius 1 is 1.17 bits per heavy atom. The highest BCUT2D eigenvalue weighted by atomic mass is 35.5. The maximum Gasteiger partial charge on any atom is 0.0501 e. The first kappa shape index (κ1) is 11.2. The number of rotatable bonds is 6. The number of unbranched alkanes of at least 4 members (excludes halogenated alkanes) is 1. The van der Waals surface area contributed by atoms with Crippen LogP contribution in [0.1, 0.15) is 19.3 Å². The lowest BCUT2D eigenvalue weighted by Crippen LogP contribution is -2.43. The molecule has 0 rings (SSSR count). The summed E-state index contributed by atoms with van der Waals surface area (Å²) in [7, 11) is 0. The van der Waals surface area contributed by atoms with Crippen molar-refractivity contribution in [3.8, 4) is 0 Å². The molecule has 0 unspecified atom stereocenters. The molecule has 0 aromatic heterocycles. The van der Waals surface area contributed by atoms with E-state index in [1.807, 2.05) is 0 Å². The predicted molar refractivity (Wildman–Crippen MR) is 38.1 cm³/mol. The summed E-state index contributed by atoms with van der Waals surface area (Å²) in [6, 6.07) is 0. The lowest BCUT2D eigenvalue weighted by molar-refractivity contribution is -0.332. The summed E-state index contributed by atoms with van der Waals surface area (Å²) in [6.07, 6.45) is 1.08. The summed E-state index contributed by atoms with van der Waals surface area (Å²) in [5.41, 5.74) is 0. The topological polar surface area (TPSA) is 80.3 Å². The van der Waals surface area contributed by atoms with Gasteiger partial charge in [0.25, 0.3) is 0 Å². The van der Waals surface area contributed by atoms with Gasteiger partial charge in [0.2, 0.25) is 0 Å². The highest BCUT2D eigenvalue weighted by molar-refractivity contribution is 6.17. The Balaban J connectivity index is 3.80. The van der Waals surface area contributed by atoms with Gasteiger partial charge in [0.1, 0.15) is 0 Å². The molecule has 0 bridgehead atoms. The first-order chi connectivity index (χ1) is 5.59. The zero-order chi connectivity index (χ0) is 9.56. The lowest BCUT2D eigenvalue weighted by atomic mass is 10.0. The molecule has 0 amide bonds. The first-order valence-corrected chi connectivity index (χ1v) is 4.10. The van der Waals surface area contributed by atoms with Crippen LogP contribution in [0.4, 0.5) is 0 Å². The van der Waals surface area contributed by atoms with E-state index < -0.39 is 17.9 Å². The van der Waals surface area contributed by atoms with Crippen LogP contribution in [0.2, 0.25) is 0 Å². The Morgan fingerprint density at radius 3 is 2.00 bits per heavy atom.